The van der Waals surface area contributed by atoms with Crippen molar-refractivity contribution in [2.75, 3.05) is 32.1 Å². The molecular formula is C37H44F4N4O4. The predicted molar refractivity (Wildman–Crippen MR) is 185 cm³/mol. The van der Waals surface area contributed by atoms with Crippen LogP contribution in [0.25, 0.3) is 22.0 Å². The molecule has 1 saturated heterocycles. The lowest BCUT2D eigenvalue weighted by Gasteiger charge is -2.36. The molecule has 0 amide bonds. The number of carbonyl (C=O) groups is 3. The van der Waals surface area contributed by atoms with Gasteiger partial charge in [-0.1, -0.05) is 26.0 Å². The largest absolute Gasteiger partial charge is 0.481 e. The number of alkyl halides is 1. The van der Waals surface area contributed by atoms with Crippen LogP contribution in [0.15, 0.2) is 54.6 Å². The highest BCUT2D eigenvalue weighted by Crippen LogP contribution is 2.33. The standard InChI is InChI=1S/C18H18F3NO2.C17H19FN2O.CH5N.CH2O/c1-9-4-12(19)5-10(2)17(9)11-6-13(18(21)14(20)7-11)15(22-3)8-16(23)24;1-11(2)7-17(21)15-6-4-12-3-5-14(8-16(12)19-15)20-9-13(18)10-20;2*1-2/h4-7,15,22H,8H2,1-3H3,(H,23,24);3-6,8,11,13H,7,9-10H2,1-2H3;2H2,1H3;1H2. The molecule has 0 aliphatic carbocycles. The van der Waals surface area contributed by atoms with E-state index in [2.05, 4.69) is 16.0 Å². The molecule has 4 aromatic rings. The number of nitrogens with zero attached hydrogens (tertiary/aromatic N) is 2. The molecule has 1 aromatic heterocycles. The number of nitrogens with one attached hydrogen (secondary N) is 1. The minimum atomic E-state index is -1.13. The first-order valence-corrected chi connectivity index (χ1v) is 15.6. The molecule has 5 rings (SSSR count). The number of ketones is 1. The lowest BCUT2D eigenvalue weighted by Crippen LogP contribution is -2.48. The van der Waals surface area contributed by atoms with Gasteiger partial charge in [0.2, 0.25) is 0 Å². The summed E-state index contributed by atoms with van der Waals surface area (Å²) in [6.45, 7) is 10.3. The predicted octanol–water partition coefficient (Wildman–Crippen LogP) is 7.13. The fourth-order valence-electron chi connectivity index (χ4n) is 5.48. The van der Waals surface area contributed by atoms with Crippen LogP contribution in [-0.4, -0.2) is 62.0 Å². The molecule has 49 heavy (non-hydrogen) atoms. The molecule has 4 N–H and O–H groups in total. The van der Waals surface area contributed by atoms with E-state index in [0.29, 0.717) is 53.4 Å². The van der Waals surface area contributed by atoms with E-state index in [9.17, 15) is 27.2 Å². The zero-order chi connectivity index (χ0) is 37.0. The van der Waals surface area contributed by atoms with E-state index in [4.69, 9.17) is 9.90 Å². The number of anilines is 1. The lowest BCUT2D eigenvalue weighted by molar-refractivity contribution is -0.137. The Hall–Kier alpha value is -4.68. The number of pyridine rings is 1. The Bertz CT molecular complexity index is 1720. The van der Waals surface area contributed by atoms with Crippen molar-refractivity contribution in [3.05, 3.63) is 94.4 Å². The van der Waals surface area contributed by atoms with Gasteiger partial charge in [-0.25, -0.2) is 22.5 Å². The van der Waals surface area contributed by atoms with E-state index < -0.39 is 42.1 Å². The first-order valence-electron chi connectivity index (χ1n) is 15.6. The molecule has 2 heterocycles. The van der Waals surface area contributed by atoms with Crippen LogP contribution in [0.4, 0.5) is 23.2 Å². The van der Waals surface area contributed by atoms with E-state index in [-0.39, 0.29) is 11.3 Å². The van der Waals surface area contributed by atoms with Crippen LogP contribution in [0, 0.1) is 37.2 Å². The Kier molecular flexibility index (Phi) is 15.5. The Labute approximate surface area is 284 Å². The molecule has 0 bridgehead atoms. The van der Waals surface area contributed by atoms with Gasteiger partial charge in [0.05, 0.1) is 25.0 Å². The molecule has 1 aliphatic rings. The lowest BCUT2D eigenvalue weighted by atomic mass is 9.92. The minimum Gasteiger partial charge on any atom is -0.481 e. The fraction of sp³-hybridized carbons (Fsp3) is 0.351. The third-order valence-electron chi connectivity index (χ3n) is 7.70. The minimum absolute atomic E-state index is 0.0713. The van der Waals surface area contributed by atoms with Crippen LogP contribution in [0.1, 0.15) is 59.9 Å². The molecular weight excluding hydrogens is 640 g/mol. The molecule has 1 unspecified atom stereocenters. The topological polar surface area (TPSA) is 126 Å². The second-order valence-corrected chi connectivity index (χ2v) is 11.8. The summed E-state index contributed by atoms with van der Waals surface area (Å²) in [5.74, 6) is -3.30. The SMILES string of the molecule is C=O.CC(C)CC(=O)c1ccc2ccc(N3CC(F)C3)cc2n1.CN.CNC(CC(=O)O)c1cc(-c2c(C)cc(F)cc2C)cc(F)c1F. The number of carboxylic acid groups (broad SMARTS) is 1. The van der Waals surface area contributed by atoms with E-state index in [1.165, 1.54) is 32.3 Å². The second-order valence-electron chi connectivity index (χ2n) is 11.8. The van der Waals surface area contributed by atoms with Crippen molar-refractivity contribution < 1.29 is 37.1 Å². The maximum Gasteiger partial charge on any atom is 0.305 e. The number of aryl methyl sites for hydroxylation is 2. The molecule has 0 spiro atoms. The van der Waals surface area contributed by atoms with Crippen molar-refractivity contribution in [3.8, 4) is 11.1 Å². The van der Waals surface area contributed by atoms with Gasteiger partial charge in [-0.15, -0.1) is 0 Å². The molecule has 0 saturated carbocycles. The van der Waals surface area contributed by atoms with E-state index >= 15 is 0 Å². The fourth-order valence-corrected chi connectivity index (χ4v) is 5.48. The monoisotopic (exact) mass is 684 g/mol. The smallest absolute Gasteiger partial charge is 0.305 e. The van der Waals surface area contributed by atoms with Crippen molar-refractivity contribution in [3.63, 3.8) is 0 Å². The number of Topliss-reactive ketones (excluding diaryl/α,β-unsaturated/α-hetero) is 1. The number of hydrogen-bond acceptors (Lipinski definition) is 7. The summed E-state index contributed by atoms with van der Waals surface area (Å²) in [5.41, 5.74) is 8.86. The van der Waals surface area contributed by atoms with Crippen LogP contribution in [0.2, 0.25) is 0 Å². The number of halogens is 4. The van der Waals surface area contributed by atoms with E-state index in [0.717, 1.165) is 22.7 Å². The maximum atomic E-state index is 14.2. The van der Waals surface area contributed by atoms with Crippen LogP contribution in [-0.2, 0) is 9.59 Å². The Balaban J connectivity index is 0.000000311. The Morgan fingerprint density at radius 2 is 1.57 bits per heavy atom. The number of carbonyl (C=O) groups excluding carboxylic acids is 2. The average Bonchev–Trinajstić information content (AvgIpc) is 3.04. The van der Waals surface area contributed by atoms with Gasteiger partial charge in [-0.05, 0) is 98.6 Å². The summed E-state index contributed by atoms with van der Waals surface area (Å²) in [6, 6.07) is 13.8. The van der Waals surface area contributed by atoms with Gasteiger partial charge in [0.1, 0.15) is 24.5 Å². The summed E-state index contributed by atoms with van der Waals surface area (Å²) in [5, 5.41) is 12.6. The Morgan fingerprint density at radius 3 is 2.10 bits per heavy atom. The molecule has 1 atom stereocenters. The molecule has 0 radical (unpaired) electrons. The van der Waals surface area contributed by atoms with Crippen molar-refractivity contribution in [1.82, 2.24) is 10.3 Å². The first-order chi connectivity index (χ1) is 23.3. The second kappa shape index (κ2) is 18.8. The normalized spacial score (nSPS) is 12.9. The summed E-state index contributed by atoms with van der Waals surface area (Å²) in [7, 11) is 2.98. The van der Waals surface area contributed by atoms with Crippen LogP contribution >= 0.6 is 0 Å². The van der Waals surface area contributed by atoms with Gasteiger partial charge >= 0.3 is 5.97 Å². The summed E-state index contributed by atoms with van der Waals surface area (Å²) in [6.07, 6.45) is -0.612. The van der Waals surface area contributed by atoms with Crippen molar-refractivity contribution in [1.29, 1.82) is 0 Å². The van der Waals surface area contributed by atoms with Gasteiger partial charge in [0.15, 0.2) is 17.4 Å². The van der Waals surface area contributed by atoms with Crippen molar-refractivity contribution in [2.45, 2.75) is 52.8 Å². The molecule has 3 aromatic carbocycles. The average molecular weight is 685 g/mol. The van der Waals surface area contributed by atoms with Gasteiger partial charge in [0.25, 0.3) is 0 Å². The maximum absolute atomic E-state index is 14.2. The number of rotatable bonds is 9. The molecule has 264 valence electrons. The Morgan fingerprint density at radius 1 is 0.980 bits per heavy atom. The molecule has 12 heteroatoms. The molecule has 1 fully saturated rings. The zero-order valence-corrected chi connectivity index (χ0v) is 28.6. The highest BCUT2D eigenvalue weighted by atomic mass is 19.2. The van der Waals surface area contributed by atoms with Crippen LogP contribution in [0.3, 0.4) is 0 Å². The summed E-state index contributed by atoms with van der Waals surface area (Å²) < 4.78 is 54.7. The van der Waals surface area contributed by atoms with Crippen molar-refractivity contribution >= 4 is 35.1 Å². The number of fused-ring (bicyclic) bond motifs is 1. The summed E-state index contributed by atoms with van der Waals surface area (Å²) in [4.78, 5) is 37.5. The van der Waals surface area contributed by atoms with Gasteiger partial charge in [0, 0.05) is 29.1 Å². The number of nitrogens with two attached hydrogens (primary N) is 1. The zero-order valence-electron chi connectivity index (χ0n) is 28.6. The number of aliphatic carboxylic acids is 1. The highest BCUT2D eigenvalue weighted by Gasteiger charge is 2.26. The van der Waals surface area contributed by atoms with Crippen LogP contribution in [0.5, 0.6) is 0 Å². The number of hydrogen-bond donors (Lipinski definition) is 3. The van der Waals surface area contributed by atoms with Crippen LogP contribution < -0.4 is 16.0 Å². The number of aromatic nitrogens is 1. The highest BCUT2D eigenvalue weighted by molar-refractivity contribution is 5.97. The third-order valence-corrected chi connectivity index (χ3v) is 7.70. The van der Waals surface area contributed by atoms with E-state index in [1.807, 2.05) is 49.8 Å². The number of benzene rings is 3. The van der Waals surface area contributed by atoms with E-state index in [1.54, 1.807) is 19.9 Å². The first kappa shape index (κ1) is 40.5. The van der Waals surface area contributed by atoms with Crippen molar-refractivity contribution in [2.24, 2.45) is 11.7 Å². The number of carboxylic acids is 1. The summed E-state index contributed by atoms with van der Waals surface area (Å²) >= 11 is 0. The third kappa shape index (κ3) is 10.7. The van der Waals surface area contributed by atoms with Gasteiger partial charge in [-0.3, -0.25) is 9.59 Å². The van der Waals surface area contributed by atoms with Gasteiger partial charge < -0.3 is 25.9 Å². The quantitative estimate of drug-likeness (QED) is 0.126. The molecule has 1 aliphatic heterocycles. The van der Waals surface area contributed by atoms with Gasteiger partial charge in [-0.2, -0.15) is 0 Å². The molecule has 8 nitrogen and oxygen atoms in total.